The van der Waals surface area contributed by atoms with Crippen molar-refractivity contribution in [1.82, 2.24) is 30.1 Å². The van der Waals surface area contributed by atoms with Crippen LogP contribution >= 0.6 is 23.2 Å². The molecule has 0 spiro atoms. The van der Waals surface area contributed by atoms with Crippen LogP contribution in [0.3, 0.4) is 0 Å². The summed E-state index contributed by atoms with van der Waals surface area (Å²) in [6.07, 6.45) is 4.28. The average Bonchev–Trinajstić information content (AvgIpc) is 2.96. The summed E-state index contributed by atoms with van der Waals surface area (Å²) in [4.78, 5) is 41.9. The highest BCUT2D eigenvalue weighted by Crippen LogP contribution is 2.30. The molecule has 11 nitrogen and oxygen atoms in total. The zero-order valence-corrected chi connectivity index (χ0v) is 24.8. The molecule has 0 aliphatic carbocycles. The fourth-order valence-electron chi connectivity index (χ4n) is 5.21. The normalized spacial score (nSPS) is 16.4. The van der Waals surface area contributed by atoms with Gasteiger partial charge in [-0.3, -0.25) is 9.69 Å². The maximum Gasteiger partial charge on any atom is 0.407 e. The third-order valence-corrected chi connectivity index (χ3v) is 7.91. The van der Waals surface area contributed by atoms with E-state index in [0.29, 0.717) is 78.5 Å². The highest BCUT2D eigenvalue weighted by atomic mass is 35.5. The van der Waals surface area contributed by atoms with Crippen LogP contribution in [0, 0.1) is 5.92 Å². The lowest BCUT2D eigenvalue weighted by Crippen LogP contribution is -2.48. The molecule has 222 valence electrons. The zero-order chi connectivity index (χ0) is 29.6. The second-order valence-corrected chi connectivity index (χ2v) is 11.5. The van der Waals surface area contributed by atoms with Crippen molar-refractivity contribution >= 4 is 41.0 Å². The summed E-state index contributed by atoms with van der Waals surface area (Å²) in [5.41, 5.74) is 2.47. The van der Waals surface area contributed by atoms with Crippen LogP contribution in [0.1, 0.15) is 25.3 Å². The molecular formula is C29H33Cl2N7O4. The van der Waals surface area contributed by atoms with Gasteiger partial charge in [0.2, 0.25) is 17.7 Å². The SMILES string of the molecule is CC(=O)NCC1CCN(Cc2cc(Oc3cnc(N4CCN(C(=O)O)CC4)cn3)nc(-c3cc(Cl)cc(Cl)c3)c2)CC1. The molecule has 2 amide bonds. The Bertz CT molecular complexity index is 1390. The van der Waals surface area contributed by atoms with Crippen LogP contribution in [0.2, 0.25) is 10.0 Å². The Morgan fingerprint density at radius 3 is 2.29 bits per heavy atom. The van der Waals surface area contributed by atoms with E-state index in [4.69, 9.17) is 32.9 Å². The van der Waals surface area contributed by atoms with Gasteiger partial charge in [-0.05, 0) is 61.7 Å². The summed E-state index contributed by atoms with van der Waals surface area (Å²) in [5.74, 6) is 1.81. The first kappa shape index (κ1) is 29.8. The second-order valence-electron chi connectivity index (χ2n) is 10.6. The number of halogens is 2. The van der Waals surface area contributed by atoms with Crippen molar-refractivity contribution < 1.29 is 19.4 Å². The average molecular weight is 615 g/mol. The summed E-state index contributed by atoms with van der Waals surface area (Å²) in [6.45, 7) is 6.73. The van der Waals surface area contributed by atoms with Gasteiger partial charge in [0.1, 0.15) is 5.82 Å². The molecule has 0 radical (unpaired) electrons. The number of aromatic nitrogens is 3. The largest absolute Gasteiger partial charge is 0.465 e. The van der Waals surface area contributed by atoms with Crippen molar-refractivity contribution in [2.45, 2.75) is 26.3 Å². The van der Waals surface area contributed by atoms with Crippen LogP contribution < -0.4 is 15.0 Å². The molecule has 2 aliphatic heterocycles. The number of hydrogen-bond acceptors (Lipinski definition) is 8. The number of benzene rings is 1. The Balaban J connectivity index is 1.31. The molecule has 4 heterocycles. The van der Waals surface area contributed by atoms with E-state index in [9.17, 15) is 14.7 Å². The molecule has 0 unspecified atom stereocenters. The van der Waals surface area contributed by atoms with Crippen LogP contribution in [-0.2, 0) is 11.3 Å². The lowest BCUT2D eigenvalue weighted by Gasteiger charge is -2.33. The van der Waals surface area contributed by atoms with Crippen molar-refractivity contribution in [3.05, 3.63) is 58.3 Å². The number of carbonyl (C=O) groups is 2. The number of nitrogens with zero attached hydrogens (tertiary/aromatic N) is 6. The minimum Gasteiger partial charge on any atom is -0.465 e. The number of carboxylic acid groups (broad SMARTS) is 1. The van der Waals surface area contributed by atoms with E-state index in [1.165, 1.54) is 4.90 Å². The van der Waals surface area contributed by atoms with Crippen molar-refractivity contribution in [2.75, 3.05) is 50.7 Å². The summed E-state index contributed by atoms with van der Waals surface area (Å²) >= 11 is 12.6. The first-order valence-corrected chi connectivity index (χ1v) is 14.6. The Hall–Kier alpha value is -3.67. The molecule has 2 saturated heterocycles. The first-order chi connectivity index (χ1) is 20.2. The van der Waals surface area contributed by atoms with Crippen LogP contribution in [0.25, 0.3) is 11.3 Å². The van der Waals surface area contributed by atoms with Gasteiger partial charge in [0.15, 0.2) is 0 Å². The van der Waals surface area contributed by atoms with Gasteiger partial charge >= 0.3 is 6.09 Å². The molecule has 0 saturated carbocycles. The standard InChI is InChI=1S/C29H33Cl2N7O4/c1-19(39)32-15-20-2-4-36(5-3-20)18-21-10-25(22-12-23(30)14-24(31)13-22)35-27(11-21)42-28-17-33-26(16-34-28)37-6-8-38(9-7-37)29(40)41/h10-14,16-17,20H,2-9,15,18H2,1H3,(H,32,39)(H,40,41). The van der Waals surface area contributed by atoms with Gasteiger partial charge in [0, 0.05) is 67.9 Å². The predicted molar refractivity (Wildman–Crippen MR) is 160 cm³/mol. The maximum atomic E-state index is 11.3. The zero-order valence-electron chi connectivity index (χ0n) is 23.3. The summed E-state index contributed by atoms with van der Waals surface area (Å²) in [5, 5.41) is 13.1. The molecule has 42 heavy (non-hydrogen) atoms. The Labute approximate surface area is 254 Å². The van der Waals surface area contributed by atoms with Gasteiger partial charge in [0.25, 0.3) is 0 Å². The number of piperazine rings is 1. The number of pyridine rings is 1. The van der Waals surface area contributed by atoms with Gasteiger partial charge < -0.3 is 25.0 Å². The molecule has 0 atom stereocenters. The molecule has 2 aromatic heterocycles. The Morgan fingerprint density at radius 2 is 1.67 bits per heavy atom. The minimum absolute atomic E-state index is 0.00768. The molecule has 13 heteroatoms. The number of rotatable bonds is 8. The number of anilines is 1. The summed E-state index contributed by atoms with van der Waals surface area (Å²) < 4.78 is 6.08. The van der Waals surface area contributed by atoms with Crippen molar-refractivity contribution in [3.63, 3.8) is 0 Å². The van der Waals surface area contributed by atoms with E-state index >= 15 is 0 Å². The van der Waals surface area contributed by atoms with Crippen molar-refractivity contribution in [1.29, 1.82) is 0 Å². The molecule has 0 bridgehead atoms. The quantitative estimate of drug-likeness (QED) is 0.369. The van der Waals surface area contributed by atoms with Gasteiger partial charge in [-0.15, -0.1) is 0 Å². The lowest BCUT2D eigenvalue weighted by molar-refractivity contribution is -0.119. The topological polar surface area (TPSA) is 124 Å². The second kappa shape index (κ2) is 13.5. The van der Waals surface area contributed by atoms with Crippen LogP contribution in [-0.4, -0.2) is 87.7 Å². The number of nitrogens with one attached hydrogen (secondary N) is 1. The third-order valence-electron chi connectivity index (χ3n) is 7.47. The number of hydrogen-bond donors (Lipinski definition) is 2. The van der Waals surface area contributed by atoms with Crippen molar-refractivity contribution in [3.8, 4) is 23.0 Å². The minimum atomic E-state index is -0.912. The molecule has 2 fully saturated rings. The molecular weight excluding hydrogens is 581 g/mol. The number of amides is 2. The highest BCUT2D eigenvalue weighted by molar-refractivity contribution is 6.35. The third kappa shape index (κ3) is 7.99. The van der Waals surface area contributed by atoms with Crippen molar-refractivity contribution in [2.24, 2.45) is 5.92 Å². The summed E-state index contributed by atoms with van der Waals surface area (Å²) in [6, 6.07) is 9.23. The number of likely N-dealkylation sites (tertiary alicyclic amines) is 1. The monoisotopic (exact) mass is 613 g/mol. The molecule has 3 aromatic rings. The fraction of sp³-hybridized carbons (Fsp3) is 0.414. The van der Waals surface area contributed by atoms with Gasteiger partial charge in [0.05, 0.1) is 18.1 Å². The molecule has 1 aromatic carbocycles. The van der Waals surface area contributed by atoms with Crippen LogP contribution in [0.5, 0.6) is 11.8 Å². The lowest BCUT2D eigenvalue weighted by atomic mass is 9.96. The fourth-order valence-corrected chi connectivity index (χ4v) is 5.73. The first-order valence-electron chi connectivity index (χ1n) is 13.9. The van der Waals surface area contributed by atoms with E-state index in [-0.39, 0.29) is 5.91 Å². The molecule has 2 aliphatic rings. The maximum absolute atomic E-state index is 11.3. The highest BCUT2D eigenvalue weighted by Gasteiger charge is 2.22. The van der Waals surface area contributed by atoms with E-state index in [1.807, 2.05) is 29.2 Å². The van der Waals surface area contributed by atoms with E-state index in [1.54, 1.807) is 25.4 Å². The van der Waals surface area contributed by atoms with Crippen LogP contribution in [0.4, 0.5) is 10.6 Å². The smallest absolute Gasteiger partial charge is 0.407 e. The molecule has 5 rings (SSSR count). The van der Waals surface area contributed by atoms with Gasteiger partial charge in [-0.25, -0.2) is 19.7 Å². The van der Waals surface area contributed by atoms with E-state index < -0.39 is 6.09 Å². The number of piperidine rings is 1. The predicted octanol–water partition coefficient (Wildman–Crippen LogP) is 4.79. The number of ether oxygens (including phenoxy) is 1. The van der Waals surface area contributed by atoms with Gasteiger partial charge in [-0.1, -0.05) is 23.2 Å². The van der Waals surface area contributed by atoms with E-state index in [2.05, 4.69) is 20.2 Å². The number of carbonyl (C=O) groups excluding carboxylic acids is 1. The van der Waals surface area contributed by atoms with Crippen LogP contribution in [0.15, 0.2) is 42.7 Å². The van der Waals surface area contributed by atoms with E-state index in [0.717, 1.165) is 37.1 Å². The Morgan fingerprint density at radius 1 is 0.952 bits per heavy atom. The van der Waals surface area contributed by atoms with Gasteiger partial charge in [-0.2, -0.15) is 0 Å². The Kier molecular flexibility index (Phi) is 9.61. The molecule has 2 N–H and O–H groups in total. The summed E-state index contributed by atoms with van der Waals surface area (Å²) in [7, 11) is 0.